The highest BCUT2D eigenvalue weighted by Crippen LogP contribution is 2.37. The molecule has 1 N–H and O–H groups in total. The van der Waals surface area contributed by atoms with Crippen LogP contribution in [-0.2, 0) is 24.6 Å². The number of rotatable bonds is 6. The van der Waals surface area contributed by atoms with E-state index in [1.54, 1.807) is 19.3 Å². The molecule has 0 fully saturated rings. The van der Waals surface area contributed by atoms with Gasteiger partial charge in [0.15, 0.2) is 0 Å². The fraction of sp³-hybridized carbons (Fsp3) is 0.261. The zero-order valence-corrected chi connectivity index (χ0v) is 16.2. The predicted molar refractivity (Wildman–Crippen MR) is 105 cm³/mol. The molecule has 2 nitrogen and oxygen atoms in total. The summed E-state index contributed by atoms with van der Waals surface area (Å²) in [6.07, 6.45) is -1.85. The lowest BCUT2D eigenvalue weighted by molar-refractivity contribution is -0.137. The van der Waals surface area contributed by atoms with Crippen LogP contribution >= 0.6 is 0 Å². The predicted octanol–water partition coefficient (Wildman–Crippen LogP) is 5.51. The van der Waals surface area contributed by atoms with Crippen LogP contribution in [0, 0.1) is 5.82 Å². The van der Waals surface area contributed by atoms with Crippen molar-refractivity contribution < 1.29 is 17.6 Å². The van der Waals surface area contributed by atoms with Gasteiger partial charge in [-0.05, 0) is 54.4 Å². The van der Waals surface area contributed by atoms with Gasteiger partial charge in [0, 0.05) is 12.6 Å². The number of halogens is 4. The van der Waals surface area contributed by atoms with Crippen LogP contribution in [0.4, 0.5) is 17.6 Å². The fourth-order valence-corrected chi connectivity index (χ4v) is 3.49. The van der Waals surface area contributed by atoms with Crippen molar-refractivity contribution in [1.82, 2.24) is 10.3 Å². The Hall–Kier alpha value is -2.73. The molecule has 0 saturated carbocycles. The highest BCUT2D eigenvalue weighted by atomic mass is 19.4. The summed E-state index contributed by atoms with van der Waals surface area (Å²) >= 11 is 0. The SMILES string of the molecule is CCc1ccc(C(Cc2ccccc2)(NC)c2cc(F)cc(C(F)(F)F)c2)nc1. The molecule has 3 aromatic rings. The Morgan fingerprint density at radius 2 is 1.59 bits per heavy atom. The molecule has 1 unspecified atom stereocenters. The first-order valence-electron chi connectivity index (χ1n) is 9.35. The van der Waals surface area contributed by atoms with Crippen LogP contribution in [0.15, 0.2) is 66.9 Å². The normalized spacial score (nSPS) is 13.9. The van der Waals surface area contributed by atoms with Crippen molar-refractivity contribution in [3.8, 4) is 0 Å². The molecule has 0 aliphatic heterocycles. The molecular weight excluding hydrogens is 380 g/mol. The van der Waals surface area contributed by atoms with E-state index < -0.39 is 23.1 Å². The number of nitrogens with zero attached hydrogens (tertiary/aromatic N) is 1. The molecular formula is C23H22F4N2. The molecule has 0 spiro atoms. The molecule has 1 heterocycles. The van der Waals surface area contributed by atoms with Crippen LogP contribution in [0.3, 0.4) is 0 Å². The molecule has 0 aliphatic carbocycles. The average molecular weight is 402 g/mol. The van der Waals surface area contributed by atoms with Crippen molar-refractivity contribution in [3.63, 3.8) is 0 Å². The zero-order chi connectivity index (χ0) is 21.1. The van der Waals surface area contributed by atoms with Gasteiger partial charge in [0.2, 0.25) is 0 Å². The van der Waals surface area contributed by atoms with Crippen LogP contribution in [0.5, 0.6) is 0 Å². The molecule has 29 heavy (non-hydrogen) atoms. The van der Waals surface area contributed by atoms with E-state index in [4.69, 9.17) is 0 Å². The summed E-state index contributed by atoms with van der Waals surface area (Å²) in [6, 6.07) is 15.7. The number of hydrogen-bond donors (Lipinski definition) is 1. The van der Waals surface area contributed by atoms with E-state index in [2.05, 4.69) is 10.3 Å². The fourth-order valence-electron chi connectivity index (χ4n) is 3.49. The number of benzene rings is 2. The average Bonchev–Trinajstić information content (AvgIpc) is 2.72. The van der Waals surface area contributed by atoms with Gasteiger partial charge >= 0.3 is 6.18 Å². The molecule has 0 radical (unpaired) electrons. The Morgan fingerprint density at radius 1 is 0.897 bits per heavy atom. The maximum absolute atomic E-state index is 14.2. The summed E-state index contributed by atoms with van der Waals surface area (Å²) < 4.78 is 54.3. The van der Waals surface area contributed by atoms with Crippen LogP contribution in [0.25, 0.3) is 0 Å². The van der Waals surface area contributed by atoms with Gasteiger partial charge in [0.25, 0.3) is 0 Å². The second kappa shape index (κ2) is 8.33. The Bertz CT molecular complexity index is 953. The third kappa shape index (κ3) is 4.48. The van der Waals surface area contributed by atoms with Gasteiger partial charge in [-0.25, -0.2) is 4.39 Å². The number of pyridine rings is 1. The summed E-state index contributed by atoms with van der Waals surface area (Å²) in [7, 11) is 1.65. The van der Waals surface area contributed by atoms with E-state index in [0.29, 0.717) is 18.2 Å². The molecule has 0 bridgehead atoms. The molecule has 1 aromatic heterocycles. The lowest BCUT2D eigenvalue weighted by Crippen LogP contribution is -2.44. The Labute approximate surface area is 167 Å². The van der Waals surface area contributed by atoms with Crippen LogP contribution in [-0.4, -0.2) is 12.0 Å². The Balaban J connectivity index is 2.22. The number of nitrogens with one attached hydrogen (secondary N) is 1. The second-order valence-corrected chi connectivity index (χ2v) is 6.95. The third-order valence-electron chi connectivity index (χ3n) is 5.13. The maximum Gasteiger partial charge on any atom is 0.416 e. The number of aryl methyl sites for hydroxylation is 1. The van der Waals surface area contributed by atoms with Crippen LogP contribution < -0.4 is 5.32 Å². The van der Waals surface area contributed by atoms with Gasteiger partial charge in [-0.2, -0.15) is 13.2 Å². The van der Waals surface area contributed by atoms with Crippen LogP contribution in [0.2, 0.25) is 0 Å². The minimum atomic E-state index is -4.65. The summed E-state index contributed by atoms with van der Waals surface area (Å²) in [5.41, 5.74) is 0.447. The Morgan fingerprint density at radius 3 is 2.14 bits per heavy atom. The van der Waals surface area contributed by atoms with Gasteiger partial charge in [-0.15, -0.1) is 0 Å². The molecule has 0 saturated heterocycles. The van der Waals surface area contributed by atoms with Gasteiger partial charge in [0.1, 0.15) is 5.82 Å². The summed E-state index contributed by atoms with van der Waals surface area (Å²) in [5.74, 6) is -0.937. The van der Waals surface area contributed by atoms with Crippen molar-refractivity contribution in [2.24, 2.45) is 0 Å². The monoisotopic (exact) mass is 402 g/mol. The van der Waals surface area contributed by atoms with E-state index in [9.17, 15) is 17.6 Å². The van der Waals surface area contributed by atoms with E-state index in [-0.39, 0.29) is 5.56 Å². The van der Waals surface area contributed by atoms with Crippen molar-refractivity contribution in [2.45, 2.75) is 31.5 Å². The molecule has 2 aromatic carbocycles. The lowest BCUT2D eigenvalue weighted by atomic mass is 9.80. The molecule has 0 amide bonds. The minimum absolute atomic E-state index is 0.174. The van der Waals surface area contributed by atoms with E-state index >= 15 is 0 Å². The number of likely N-dealkylation sites (N-methyl/N-ethyl adjacent to an activating group) is 1. The van der Waals surface area contributed by atoms with Crippen molar-refractivity contribution >= 4 is 0 Å². The quantitative estimate of drug-likeness (QED) is 0.550. The Kier molecular flexibility index (Phi) is 6.03. The second-order valence-electron chi connectivity index (χ2n) is 6.95. The largest absolute Gasteiger partial charge is 0.416 e. The number of hydrogen-bond acceptors (Lipinski definition) is 2. The topological polar surface area (TPSA) is 24.9 Å². The lowest BCUT2D eigenvalue weighted by Gasteiger charge is -2.34. The highest BCUT2D eigenvalue weighted by molar-refractivity contribution is 5.41. The molecule has 1 atom stereocenters. The smallest absolute Gasteiger partial charge is 0.305 e. The van der Waals surface area contributed by atoms with Crippen molar-refractivity contribution in [2.75, 3.05) is 7.05 Å². The summed E-state index contributed by atoms with van der Waals surface area (Å²) in [5, 5.41) is 3.14. The van der Waals surface area contributed by atoms with Gasteiger partial charge < -0.3 is 5.32 Å². The first kappa shape index (κ1) is 21.0. The van der Waals surface area contributed by atoms with Gasteiger partial charge in [-0.3, -0.25) is 4.98 Å². The molecule has 152 valence electrons. The van der Waals surface area contributed by atoms with Crippen molar-refractivity contribution in [1.29, 1.82) is 0 Å². The van der Waals surface area contributed by atoms with Crippen LogP contribution in [0.1, 0.15) is 34.9 Å². The standard InChI is InChI=1S/C23H22F4N2/c1-3-16-9-10-21(29-15-16)22(28-2,14-17-7-5-4-6-8-17)18-11-19(23(25,26)27)13-20(24)12-18/h4-13,15,28H,3,14H2,1-2H3. The van der Waals surface area contributed by atoms with Crippen molar-refractivity contribution in [3.05, 3.63) is 101 Å². The number of aromatic nitrogens is 1. The summed E-state index contributed by atoms with van der Waals surface area (Å²) in [4.78, 5) is 4.52. The van der Waals surface area contributed by atoms with Gasteiger partial charge in [0.05, 0.1) is 16.8 Å². The van der Waals surface area contributed by atoms with E-state index in [1.165, 1.54) is 0 Å². The van der Waals surface area contributed by atoms with E-state index in [0.717, 1.165) is 29.7 Å². The number of alkyl halides is 3. The van der Waals surface area contributed by atoms with E-state index in [1.807, 2.05) is 43.3 Å². The first-order chi connectivity index (χ1) is 13.8. The minimum Gasteiger partial charge on any atom is -0.305 e. The van der Waals surface area contributed by atoms with Gasteiger partial charge in [-0.1, -0.05) is 43.3 Å². The molecule has 0 aliphatic rings. The maximum atomic E-state index is 14.2. The highest BCUT2D eigenvalue weighted by Gasteiger charge is 2.38. The zero-order valence-electron chi connectivity index (χ0n) is 16.2. The molecule has 6 heteroatoms. The molecule has 3 rings (SSSR count). The summed E-state index contributed by atoms with van der Waals surface area (Å²) in [6.45, 7) is 1.99. The first-order valence-corrected chi connectivity index (χ1v) is 9.35. The third-order valence-corrected chi connectivity index (χ3v) is 5.13.